The zero-order valence-electron chi connectivity index (χ0n) is 13.9. The van der Waals surface area contributed by atoms with Crippen molar-refractivity contribution in [2.45, 2.75) is 37.1 Å². The summed E-state index contributed by atoms with van der Waals surface area (Å²) in [5.74, 6) is 2.00. The lowest BCUT2D eigenvalue weighted by molar-refractivity contribution is -0.122. The van der Waals surface area contributed by atoms with Crippen LogP contribution in [0.4, 0.5) is 5.13 Å². The monoisotopic (exact) mass is 367 g/mol. The van der Waals surface area contributed by atoms with Crippen LogP contribution >= 0.6 is 23.1 Å². The predicted octanol–water partition coefficient (Wildman–Crippen LogP) is 3.84. The van der Waals surface area contributed by atoms with E-state index in [1.54, 1.807) is 37.9 Å². The van der Waals surface area contributed by atoms with Crippen molar-refractivity contribution in [3.8, 4) is 11.5 Å². The van der Waals surface area contributed by atoms with E-state index in [0.717, 1.165) is 22.9 Å². The molecule has 0 aliphatic carbocycles. The van der Waals surface area contributed by atoms with Crippen molar-refractivity contribution in [1.29, 1.82) is 0 Å². The number of hydrogen-bond donors (Lipinski definition) is 1. The summed E-state index contributed by atoms with van der Waals surface area (Å²) >= 11 is 3.03. The molecule has 8 heteroatoms. The van der Waals surface area contributed by atoms with E-state index in [9.17, 15) is 4.79 Å². The lowest BCUT2D eigenvalue weighted by atomic mass is 10.3. The number of nitrogens with zero attached hydrogens (tertiary/aromatic N) is 2. The Morgan fingerprint density at radius 2 is 2.17 bits per heavy atom. The van der Waals surface area contributed by atoms with E-state index < -0.39 is 6.10 Å². The maximum absolute atomic E-state index is 12.2. The van der Waals surface area contributed by atoms with Crippen LogP contribution in [-0.4, -0.2) is 35.1 Å². The molecular formula is C16H21N3O3S2. The highest BCUT2D eigenvalue weighted by atomic mass is 32.2. The third kappa shape index (κ3) is 5.68. The number of carbonyl (C=O) groups is 1. The summed E-state index contributed by atoms with van der Waals surface area (Å²) in [4.78, 5) is 12.2. The molecule has 24 heavy (non-hydrogen) atoms. The minimum absolute atomic E-state index is 0.265. The van der Waals surface area contributed by atoms with Crippen molar-refractivity contribution in [2.75, 3.05) is 18.2 Å². The quantitative estimate of drug-likeness (QED) is 0.412. The molecule has 0 saturated heterocycles. The van der Waals surface area contributed by atoms with Crippen LogP contribution in [0.5, 0.6) is 11.5 Å². The summed E-state index contributed by atoms with van der Waals surface area (Å²) < 4.78 is 11.6. The van der Waals surface area contributed by atoms with Gasteiger partial charge in [-0.25, -0.2) is 0 Å². The first-order valence-electron chi connectivity index (χ1n) is 7.70. The summed E-state index contributed by atoms with van der Waals surface area (Å²) in [5.41, 5.74) is 0. The van der Waals surface area contributed by atoms with Gasteiger partial charge in [0.2, 0.25) is 5.13 Å². The molecule has 0 fully saturated rings. The van der Waals surface area contributed by atoms with Crippen LogP contribution in [0, 0.1) is 0 Å². The third-order valence-corrected chi connectivity index (χ3v) is 5.14. The fourth-order valence-electron chi connectivity index (χ4n) is 1.76. The second-order valence-corrected chi connectivity index (χ2v) is 7.32. The molecule has 1 atom stereocenters. The van der Waals surface area contributed by atoms with Crippen molar-refractivity contribution in [2.24, 2.45) is 0 Å². The van der Waals surface area contributed by atoms with E-state index in [1.165, 1.54) is 11.3 Å². The predicted molar refractivity (Wildman–Crippen MR) is 97.3 cm³/mol. The van der Waals surface area contributed by atoms with E-state index in [0.29, 0.717) is 16.6 Å². The molecule has 6 nitrogen and oxygen atoms in total. The Morgan fingerprint density at radius 1 is 1.38 bits per heavy atom. The van der Waals surface area contributed by atoms with Crippen LogP contribution in [0.2, 0.25) is 0 Å². The van der Waals surface area contributed by atoms with Crippen LogP contribution in [0.25, 0.3) is 0 Å². The Morgan fingerprint density at radius 3 is 2.92 bits per heavy atom. The normalized spacial score (nSPS) is 11.8. The smallest absolute Gasteiger partial charge is 0.266 e. The molecule has 1 aromatic carbocycles. The number of methoxy groups -OCH3 is 1. The zero-order valence-corrected chi connectivity index (χ0v) is 15.6. The Balaban J connectivity index is 1.86. The van der Waals surface area contributed by atoms with Gasteiger partial charge in [-0.05, 0) is 25.5 Å². The van der Waals surface area contributed by atoms with E-state index >= 15 is 0 Å². The molecule has 2 rings (SSSR count). The van der Waals surface area contributed by atoms with Gasteiger partial charge in [0.1, 0.15) is 11.5 Å². The molecule has 1 amide bonds. The second kappa shape index (κ2) is 9.48. The zero-order chi connectivity index (χ0) is 17.4. The highest BCUT2D eigenvalue weighted by Gasteiger charge is 2.17. The minimum atomic E-state index is -0.655. The number of rotatable bonds is 9. The van der Waals surface area contributed by atoms with Gasteiger partial charge in [-0.15, -0.1) is 10.2 Å². The maximum Gasteiger partial charge on any atom is 0.266 e. The summed E-state index contributed by atoms with van der Waals surface area (Å²) in [6, 6.07) is 7.14. The molecule has 1 aromatic heterocycles. The highest BCUT2D eigenvalue weighted by molar-refractivity contribution is 8.01. The van der Waals surface area contributed by atoms with Gasteiger partial charge in [0.05, 0.1) is 7.11 Å². The van der Waals surface area contributed by atoms with Crippen molar-refractivity contribution >= 4 is 34.1 Å². The number of aromatic nitrogens is 2. The van der Waals surface area contributed by atoms with E-state index in [2.05, 4.69) is 22.4 Å². The summed E-state index contributed by atoms with van der Waals surface area (Å²) in [6.45, 7) is 3.84. The molecule has 0 saturated carbocycles. The van der Waals surface area contributed by atoms with Crippen LogP contribution in [0.3, 0.4) is 0 Å². The average molecular weight is 367 g/mol. The third-order valence-electron chi connectivity index (χ3n) is 3.08. The first-order valence-corrected chi connectivity index (χ1v) is 9.50. The van der Waals surface area contributed by atoms with Crippen LogP contribution in [0.1, 0.15) is 26.7 Å². The SMILES string of the molecule is CCCCSc1nnc(NC(=O)C(C)Oc2cccc(OC)c2)s1. The van der Waals surface area contributed by atoms with E-state index in [4.69, 9.17) is 9.47 Å². The number of benzene rings is 1. The first kappa shape index (κ1) is 18.5. The molecule has 0 aliphatic heterocycles. The number of anilines is 1. The lowest BCUT2D eigenvalue weighted by Crippen LogP contribution is -2.30. The fourth-order valence-corrected chi connectivity index (χ4v) is 3.67. The van der Waals surface area contributed by atoms with Gasteiger partial charge in [0, 0.05) is 11.8 Å². The van der Waals surface area contributed by atoms with Gasteiger partial charge in [-0.1, -0.05) is 42.5 Å². The van der Waals surface area contributed by atoms with Crippen molar-refractivity contribution in [3.63, 3.8) is 0 Å². The van der Waals surface area contributed by atoms with Gasteiger partial charge in [0.15, 0.2) is 10.4 Å². The number of unbranched alkanes of at least 4 members (excludes halogenated alkanes) is 1. The topological polar surface area (TPSA) is 73.3 Å². The molecule has 1 unspecified atom stereocenters. The summed E-state index contributed by atoms with van der Waals surface area (Å²) in [6.07, 6.45) is 1.63. The molecule has 0 radical (unpaired) electrons. The van der Waals surface area contributed by atoms with Gasteiger partial charge < -0.3 is 9.47 Å². The molecule has 1 heterocycles. The van der Waals surface area contributed by atoms with E-state index in [1.807, 2.05) is 12.1 Å². The van der Waals surface area contributed by atoms with Crippen molar-refractivity contribution in [1.82, 2.24) is 10.2 Å². The van der Waals surface area contributed by atoms with Crippen LogP contribution < -0.4 is 14.8 Å². The number of hydrogen-bond acceptors (Lipinski definition) is 7. The number of carbonyl (C=O) groups excluding carboxylic acids is 1. The summed E-state index contributed by atoms with van der Waals surface area (Å²) in [5, 5.41) is 11.3. The number of amides is 1. The van der Waals surface area contributed by atoms with Crippen LogP contribution in [-0.2, 0) is 4.79 Å². The molecule has 0 aliphatic rings. The summed E-state index contributed by atoms with van der Waals surface area (Å²) in [7, 11) is 1.58. The molecule has 0 spiro atoms. The fraction of sp³-hybridized carbons (Fsp3) is 0.438. The minimum Gasteiger partial charge on any atom is -0.497 e. The van der Waals surface area contributed by atoms with E-state index in [-0.39, 0.29) is 5.91 Å². The molecule has 2 aromatic rings. The number of nitrogens with one attached hydrogen (secondary N) is 1. The maximum atomic E-state index is 12.2. The van der Waals surface area contributed by atoms with Gasteiger partial charge in [-0.2, -0.15) is 0 Å². The first-order chi connectivity index (χ1) is 11.6. The average Bonchev–Trinajstić information content (AvgIpc) is 3.02. The Hall–Kier alpha value is -1.80. The molecular weight excluding hydrogens is 346 g/mol. The second-order valence-electron chi connectivity index (χ2n) is 5.00. The lowest BCUT2D eigenvalue weighted by Gasteiger charge is -2.14. The Labute approximate surface area is 150 Å². The number of thioether (sulfide) groups is 1. The largest absolute Gasteiger partial charge is 0.497 e. The van der Waals surface area contributed by atoms with Gasteiger partial charge >= 0.3 is 0 Å². The highest BCUT2D eigenvalue weighted by Crippen LogP contribution is 2.26. The Bertz CT molecular complexity index is 664. The molecule has 1 N–H and O–H groups in total. The number of ether oxygens (including phenoxy) is 2. The Kier molecular flexibility index (Phi) is 7.33. The van der Waals surface area contributed by atoms with Gasteiger partial charge in [-0.3, -0.25) is 10.1 Å². The van der Waals surface area contributed by atoms with Crippen molar-refractivity contribution in [3.05, 3.63) is 24.3 Å². The van der Waals surface area contributed by atoms with Gasteiger partial charge in [0.25, 0.3) is 5.91 Å². The molecule has 130 valence electrons. The van der Waals surface area contributed by atoms with Crippen molar-refractivity contribution < 1.29 is 14.3 Å². The molecule has 0 bridgehead atoms. The standard InChI is InChI=1S/C16H21N3O3S2/c1-4-5-9-23-16-19-18-15(24-16)17-14(20)11(2)22-13-8-6-7-12(10-13)21-3/h6-8,10-11H,4-5,9H2,1-3H3,(H,17,18,20). The van der Waals surface area contributed by atoms with Crippen LogP contribution in [0.15, 0.2) is 28.6 Å².